The lowest BCUT2D eigenvalue weighted by molar-refractivity contribution is -0.134. The molecule has 0 aromatic heterocycles. The van der Waals surface area contributed by atoms with E-state index < -0.39 is 0 Å². The van der Waals surface area contributed by atoms with Crippen molar-refractivity contribution in [2.75, 3.05) is 32.7 Å². The maximum atomic E-state index is 12.0. The molecule has 0 aromatic carbocycles. The number of ether oxygens (including phenoxy) is 1. The predicted molar refractivity (Wildman–Crippen MR) is 163 cm³/mol. The molecule has 8 N–H and O–H groups in total. The number of nitrogens with zero attached hydrogens (tertiary/aromatic N) is 2. The van der Waals surface area contributed by atoms with Crippen LogP contribution in [0, 0.1) is 23.7 Å². The topological polar surface area (TPSA) is 133 Å². The number of hydrogen-bond donors (Lipinski definition) is 6. The average molecular weight is 577 g/mol. The summed E-state index contributed by atoms with van der Waals surface area (Å²) >= 11 is 0. The van der Waals surface area contributed by atoms with Gasteiger partial charge in [-0.25, -0.2) is 5.01 Å². The number of nitrogens with two attached hydrogens (primary N) is 2. The fourth-order valence-corrected chi connectivity index (χ4v) is 9.11. The summed E-state index contributed by atoms with van der Waals surface area (Å²) in [6.07, 6.45) is 12.2. The number of piperazine rings is 1. The Morgan fingerprint density at radius 2 is 1.66 bits per heavy atom. The minimum absolute atomic E-state index is 0.0225. The van der Waals surface area contributed by atoms with Gasteiger partial charge in [-0.05, 0) is 82.5 Å². The highest BCUT2D eigenvalue weighted by Gasteiger charge is 2.48. The summed E-state index contributed by atoms with van der Waals surface area (Å²) in [5, 5.41) is 17.2. The summed E-state index contributed by atoms with van der Waals surface area (Å²) in [5.41, 5.74) is 5.73. The number of rotatable bonds is 10. The minimum Gasteiger partial charge on any atom is -0.370 e. The van der Waals surface area contributed by atoms with Crippen molar-refractivity contribution in [1.82, 2.24) is 31.2 Å². The molecular weight excluding hydrogens is 516 g/mol. The molecule has 3 aliphatic carbocycles. The highest BCUT2D eigenvalue weighted by Crippen LogP contribution is 2.46. The molecule has 5 fully saturated rings. The molecule has 236 valence electrons. The molecule has 0 bridgehead atoms. The van der Waals surface area contributed by atoms with E-state index in [9.17, 15) is 4.79 Å². The van der Waals surface area contributed by atoms with Gasteiger partial charge in [0.1, 0.15) is 12.5 Å². The van der Waals surface area contributed by atoms with Gasteiger partial charge in [0.15, 0.2) is 0 Å². The van der Waals surface area contributed by atoms with Crippen molar-refractivity contribution >= 4 is 5.91 Å². The Kier molecular flexibility index (Phi) is 11.4. The molecule has 3 saturated carbocycles. The van der Waals surface area contributed by atoms with Crippen LogP contribution < -0.4 is 32.8 Å². The van der Waals surface area contributed by atoms with Crippen molar-refractivity contribution in [2.24, 2.45) is 35.2 Å². The van der Waals surface area contributed by atoms with Crippen LogP contribution in [0.15, 0.2) is 0 Å². The normalized spacial score (nSPS) is 42.9. The van der Waals surface area contributed by atoms with E-state index in [-0.39, 0.29) is 36.5 Å². The zero-order valence-electron chi connectivity index (χ0n) is 26.0. The predicted octanol–water partition coefficient (Wildman–Crippen LogP) is 1.66. The molecule has 2 aliphatic heterocycles. The van der Waals surface area contributed by atoms with Crippen LogP contribution in [0.4, 0.5) is 0 Å². The fourth-order valence-electron chi connectivity index (χ4n) is 9.11. The van der Waals surface area contributed by atoms with Gasteiger partial charge in [-0.3, -0.25) is 31.5 Å². The molecule has 0 spiro atoms. The van der Waals surface area contributed by atoms with Gasteiger partial charge in [0, 0.05) is 69.2 Å². The number of carbonyl (C=O) groups excluding carboxylic acids is 1. The van der Waals surface area contributed by atoms with Crippen molar-refractivity contribution < 1.29 is 9.53 Å². The second-order valence-electron chi connectivity index (χ2n) is 14.0. The van der Waals surface area contributed by atoms with Crippen molar-refractivity contribution in [1.29, 1.82) is 0 Å². The fraction of sp³-hybridized carbons (Fsp3) is 0.968. The van der Waals surface area contributed by atoms with E-state index in [2.05, 4.69) is 46.9 Å². The first-order valence-electron chi connectivity index (χ1n) is 17.0. The molecule has 0 radical (unpaired) electrons. The van der Waals surface area contributed by atoms with Crippen LogP contribution in [0.3, 0.4) is 0 Å². The Morgan fingerprint density at radius 3 is 2.32 bits per heavy atom. The van der Waals surface area contributed by atoms with Gasteiger partial charge in [0.2, 0.25) is 5.91 Å². The first-order valence-corrected chi connectivity index (χ1v) is 17.0. The lowest BCUT2D eigenvalue weighted by Gasteiger charge is -2.49. The molecule has 1 amide bonds. The van der Waals surface area contributed by atoms with E-state index in [0.29, 0.717) is 36.3 Å². The number of amides is 1. The molecule has 7 unspecified atom stereocenters. The van der Waals surface area contributed by atoms with Gasteiger partial charge in [-0.2, -0.15) is 0 Å². The second-order valence-corrected chi connectivity index (χ2v) is 14.0. The molecule has 41 heavy (non-hydrogen) atoms. The highest BCUT2D eigenvalue weighted by molar-refractivity contribution is 5.74. The summed E-state index contributed by atoms with van der Waals surface area (Å²) in [6.45, 7) is 12.3. The molecule has 0 aromatic rings. The number of primary amides is 1. The van der Waals surface area contributed by atoms with Gasteiger partial charge in [-0.1, -0.05) is 20.3 Å². The van der Waals surface area contributed by atoms with E-state index in [0.717, 1.165) is 64.2 Å². The molecule has 2 heterocycles. The Labute approximate surface area is 248 Å². The second kappa shape index (κ2) is 14.8. The number of hydrogen-bond acceptors (Lipinski definition) is 9. The maximum absolute atomic E-state index is 12.0. The van der Waals surface area contributed by atoms with E-state index in [4.69, 9.17) is 16.3 Å². The van der Waals surface area contributed by atoms with Gasteiger partial charge in [0.05, 0.1) is 6.10 Å². The van der Waals surface area contributed by atoms with E-state index in [1.165, 1.54) is 38.8 Å². The summed E-state index contributed by atoms with van der Waals surface area (Å²) < 4.78 is 7.03. The average Bonchev–Trinajstić information content (AvgIpc) is 3.32. The molecular formula is C31H60N8O2. The van der Waals surface area contributed by atoms with Crippen LogP contribution in [0.1, 0.15) is 91.4 Å². The maximum Gasteiger partial charge on any atom is 0.217 e. The third-order valence-electron chi connectivity index (χ3n) is 11.4. The Hall–Kier alpha value is -0.850. The molecule has 7 atom stereocenters. The van der Waals surface area contributed by atoms with Crippen molar-refractivity contribution in [2.45, 2.75) is 134 Å². The molecule has 5 rings (SSSR count). The highest BCUT2D eigenvalue weighted by atomic mass is 16.5. The van der Waals surface area contributed by atoms with Crippen LogP contribution in [0.5, 0.6) is 0 Å². The summed E-state index contributed by atoms with van der Waals surface area (Å²) in [4.78, 5) is 14.7. The van der Waals surface area contributed by atoms with Crippen molar-refractivity contribution in [3.05, 3.63) is 0 Å². The molecule has 2 saturated heterocycles. The first-order chi connectivity index (χ1) is 19.8. The molecule has 5 aliphatic rings. The summed E-state index contributed by atoms with van der Waals surface area (Å²) in [5.74, 6) is 7.66. The van der Waals surface area contributed by atoms with E-state index >= 15 is 0 Å². The summed E-state index contributed by atoms with van der Waals surface area (Å²) in [7, 11) is 0. The smallest absolute Gasteiger partial charge is 0.217 e. The largest absolute Gasteiger partial charge is 0.370 e. The van der Waals surface area contributed by atoms with Crippen LogP contribution in [-0.2, 0) is 9.53 Å². The minimum atomic E-state index is -0.174. The number of carbonyl (C=O) groups is 1. The first kappa shape index (κ1) is 31.6. The van der Waals surface area contributed by atoms with Crippen LogP contribution in [0.2, 0.25) is 0 Å². The van der Waals surface area contributed by atoms with Crippen LogP contribution in [-0.4, -0.2) is 91.3 Å². The lowest BCUT2D eigenvalue weighted by atomic mass is 9.73. The monoisotopic (exact) mass is 576 g/mol. The van der Waals surface area contributed by atoms with Crippen LogP contribution in [0.25, 0.3) is 0 Å². The molecule has 10 nitrogen and oxygen atoms in total. The number of hydrazine groups is 1. The summed E-state index contributed by atoms with van der Waals surface area (Å²) in [6, 6.07) is 1.97. The van der Waals surface area contributed by atoms with Crippen LogP contribution >= 0.6 is 0 Å². The van der Waals surface area contributed by atoms with Crippen molar-refractivity contribution in [3.8, 4) is 0 Å². The van der Waals surface area contributed by atoms with Gasteiger partial charge >= 0.3 is 0 Å². The van der Waals surface area contributed by atoms with E-state index in [1.807, 2.05) is 5.01 Å². The zero-order valence-corrected chi connectivity index (χ0v) is 26.0. The van der Waals surface area contributed by atoms with Gasteiger partial charge < -0.3 is 15.8 Å². The lowest BCUT2D eigenvalue weighted by Crippen LogP contribution is -2.71. The third-order valence-corrected chi connectivity index (χ3v) is 11.4. The standard InChI is InChI=1S/C31H60N8O2/c1-4-39(33)25-11-13-26(14-12-25)41-30-29(28-20(2)5-6-22(28)19-27(32)40)21(3)35-31(37-30)36-23-7-9-24(10-8-23)38-17-15-34-16-18-38/h20-26,28-31,34-37H,4-19,33H2,1-3H3,(H2,32,40). The molecule has 10 heteroatoms. The SMILES string of the molecule is CCN(N)C1CCC(OC2NC(NC3CCC(N4CCNCC4)CC3)NC(C)C2C2C(C)CCC2CC(N)=O)CC1. The van der Waals surface area contributed by atoms with Crippen molar-refractivity contribution in [3.63, 3.8) is 0 Å². The Bertz CT molecular complexity index is 812. The zero-order chi connectivity index (χ0) is 28.9. The van der Waals surface area contributed by atoms with E-state index in [1.54, 1.807) is 0 Å². The Morgan fingerprint density at radius 1 is 0.951 bits per heavy atom. The third kappa shape index (κ3) is 8.01. The van der Waals surface area contributed by atoms with Gasteiger partial charge in [-0.15, -0.1) is 0 Å². The Balaban J connectivity index is 1.23. The quantitative estimate of drug-likeness (QED) is 0.170. The van der Waals surface area contributed by atoms with Gasteiger partial charge in [0.25, 0.3) is 0 Å². The number of nitrogens with one attached hydrogen (secondary N) is 4.